The van der Waals surface area contributed by atoms with E-state index >= 15 is 0 Å². The van der Waals surface area contributed by atoms with Crippen LogP contribution in [0.5, 0.6) is 0 Å². The molecule has 1 saturated heterocycles. The molecular formula is C28H23ClN6O4. The molecule has 2 aliphatic heterocycles. The van der Waals surface area contributed by atoms with Crippen LogP contribution < -0.4 is 16.0 Å². The highest BCUT2D eigenvalue weighted by Crippen LogP contribution is 2.31. The van der Waals surface area contributed by atoms with Gasteiger partial charge in [0, 0.05) is 36.3 Å². The number of anilines is 1. The van der Waals surface area contributed by atoms with Gasteiger partial charge in [0.2, 0.25) is 11.8 Å². The number of hydrogen-bond acceptors (Lipinski definition) is 6. The monoisotopic (exact) mass is 542 g/mol. The lowest BCUT2D eigenvalue weighted by molar-refractivity contribution is -0.137. The van der Waals surface area contributed by atoms with Crippen LogP contribution >= 0.6 is 11.6 Å². The average Bonchev–Trinajstić information content (AvgIpc) is 3.53. The summed E-state index contributed by atoms with van der Waals surface area (Å²) in [5.41, 5.74) is 4.93. The number of imide groups is 2. The first-order valence-electron chi connectivity index (χ1n) is 12.4. The zero-order valence-electron chi connectivity index (χ0n) is 20.6. The fourth-order valence-corrected chi connectivity index (χ4v) is 5.22. The molecule has 10 nitrogen and oxygen atoms in total. The molecule has 4 N–H and O–H groups in total. The van der Waals surface area contributed by atoms with Gasteiger partial charge in [0.05, 0.1) is 22.1 Å². The van der Waals surface area contributed by atoms with Crippen molar-refractivity contribution < 1.29 is 19.2 Å². The molecule has 0 bridgehead atoms. The standard InChI is InChI=1S/C28H23ClN6O4/c29-20-8-7-18(12-19(20)25-31-21-3-1-2-4-22(21)32-25)30-28(39)34-26(37)15-5-6-16-13-35(14-17(16)11-15)23-9-10-24(36)33-27(23)38/h1-8,11-12,23H,9-10,13-14H2,(H,31,32)(H,33,36,38)(H2,30,34,37,39). The second-order valence-corrected chi connectivity index (χ2v) is 9.97. The number of aromatic nitrogens is 2. The van der Waals surface area contributed by atoms with Gasteiger partial charge in [-0.3, -0.25) is 29.9 Å². The molecule has 6 rings (SSSR count). The van der Waals surface area contributed by atoms with Gasteiger partial charge >= 0.3 is 6.03 Å². The van der Waals surface area contributed by atoms with Crippen LogP contribution in [0.4, 0.5) is 10.5 Å². The SMILES string of the molecule is O=C1CCC(N2Cc3ccc(C(=O)NC(=O)Nc4ccc(Cl)c(-c5nc6ccccc6[nH]5)c4)cc3C2)C(=O)N1. The molecule has 39 heavy (non-hydrogen) atoms. The number of halogens is 1. The normalized spacial score (nSPS) is 17.1. The number of fused-ring (bicyclic) bond motifs is 2. The molecule has 1 aromatic heterocycles. The maximum atomic E-state index is 12.8. The van der Waals surface area contributed by atoms with E-state index in [0.29, 0.717) is 53.6 Å². The molecule has 1 atom stereocenters. The van der Waals surface area contributed by atoms with Crippen LogP contribution in [-0.4, -0.2) is 44.7 Å². The molecule has 1 fully saturated rings. The second-order valence-electron chi connectivity index (χ2n) is 9.56. The number of piperidine rings is 1. The summed E-state index contributed by atoms with van der Waals surface area (Å²) in [7, 11) is 0. The van der Waals surface area contributed by atoms with Crippen molar-refractivity contribution in [3.05, 3.63) is 82.4 Å². The van der Waals surface area contributed by atoms with Crippen molar-refractivity contribution in [2.75, 3.05) is 5.32 Å². The Bertz CT molecular complexity index is 1630. The minimum Gasteiger partial charge on any atom is -0.338 e. The first-order valence-corrected chi connectivity index (χ1v) is 12.8. The third kappa shape index (κ3) is 4.99. The number of nitrogens with zero attached hydrogens (tertiary/aromatic N) is 2. The minimum atomic E-state index is -0.691. The number of carbonyl (C=O) groups excluding carboxylic acids is 4. The van der Waals surface area contributed by atoms with E-state index in [1.54, 1.807) is 30.3 Å². The van der Waals surface area contributed by atoms with Crippen molar-refractivity contribution in [1.29, 1.82) is 0 Å². The Morgan fingerprint density at radius 3 is 2.64 bits per heavy atom. The van der Waals surface area contributed by atoms with E-state index in [2.05, 4.69) is 25.9 Å². The number of nitrogens with one attached hydrogen (secondary N) is 4. The molecule has 3 aromatic carbocycles. The molecule has 0 aliphatic carbocycles. The number of amides is 5. The summed E-state index contributed by atoms with van der Waals surface area (Å²) in [6.07, 6.45) is 0.772. The summed E-state index contributed by atoms with van der Waals surface area (Å²) >= 11 is 6.40. The fraction of sp³-hybridized carbons (Fsp3) is 0.179. The highest BCUT2D eigenvalue weighted by atomic mass is 35.5. The van der Waals surface area contributed by atoms with Gasteiger partial charge in [-0.15, -0.1) is 0 Å². The number of rotatable bonds is 4. The van der Waals surface area contributed by atoms with Crippen molar-refractivity contribution in [2.24, 2.45) is 0 Å². The lowest BCUT2D eigenvalue weighted by atomic mass is 10.0. The number of imidazole rings is 1. The molecule has 4 aromatic rings. The van der Waals surface area contributed by atoms with Crippen LogP contribution in [0.2, 0.25) is 5.02 Å². The summed E-state index contributed by atoms with van der Waals surface area (Å²) in [5, 5.41) is 7.87. The van der Waals surface area contributed by atoms with Crippen molar-refractivity contribution in [1.82, 2.24) is 25.5 Å². The van der Waals surface area contributed by atoms with Gasteiger partial charge in [-0.2, -0.15) is 0 Å². The molecule has 0 radical (unpaired) electrons. The molecule has 1 unspecified atom stereocenters. The predicted molar refractivity (Wildman–Crippen MR) is 145 cm³/mol. The summed E-state index contributed by atoms with van der Waals surface area (Å²) < 4.78 is 0. The summed E-state index contributed by atoms with van der Waals surface area (Å²) in [6, 6.07) is 16.7. The Hall–Kier alpha value is -4.54. The molecule has 11 heteroatoms. The number of urea groups is 1. The van der Waals surface area contributed by atoms with Crippen LogP contribution in [0, 0.1) is 0 Å². The van der Waals surface area contributed by atoms with Crippen molar-refractivity contribution >= 4 is 52.1 Å². The summed E-state index contributed by atoms with van der Waals surface area (Å²) in [4.78, 5) is 59.0. The quantitative estimate of drug-likeness (QED) is 0.288. The Balaban J connectivity index is 1.11. The van der Waals surface area contributed by atoms with Crippen LogP contribution in [0.25, 0.3) is 22.4 Å². The van der Waals surface area contributed by atoms with E-state index in [1.165, 1.54) is 0 Å². The zero-order chi connectivity index (χ0) is 27.1. The van der Waals surface area contributed by atoms with Crippen molar-refractivity contribution in [2.45, 2.75) is 32.0 Å². The number of benzene rings is 3. The van der Waals surface area contributed by atoms with Crippen molar-refractivity contribution in [3.8, 4) is 11.4 Å². The number of H-pyrrole nitrogens is 1. The lowest BCUT2D eigenvalue weighted by Gasteiger charge is -2.29. The van der Waals surface area contributed by atoms with E-state index in [-0.39, 0.29) is 17.9 Å². The lowest BCUT2D eigenvalue weighted by Crippen LogP contribution is -2.50. The van der Waals surface area contributed by atoms with Gasteiger partial charge in [-0.1, -0.05) is 29.8 Å². The van der Waals surface area contributed by atoms with Gasteiger partial charge in [0.1, 0.15) is 5.82 Å². The van der Waals surface area contributed by atoms with Crippen LogP contribution in [0.15, 0.2) is 60.7 Å². The average molecular weight is 543 g/mol. The molecular weight excluding hydrogens is 520 g/mol. The largest absolute Gasteiger partial charge is 0.338 e. The van der Waals surface area contributed by atoms with Crippen LogP contribution in [0.1, 0.15) is 34.3 Å². The number of para-hydroxylation sites is 2. The van der Waals surface area contributed by atoms with Crippen LogP contribution in [0.3, 0.4) is 0 Å². The zero-order valence-corrected chi connectivity index (χ0v) is 21.3. The van der Waals surface area contributed by atoms with Crippen molar-refractivity contribution in [3.63, 3.8) is 0 Å². The third-order valence-corrected chi connectivity index (χ3v) is 7.29. The highest BCUT2D eigenvalue weighted by molar-refractivity contribution is 6.33. The Kier molecular flexibility index (Phi) is 6.34. The van der Waals surface area contributed by atoms with E-state index in [1.807, 2.05) is 35.2 Å². The van der Waals surface area contributed by atoms with E-state index in [9.17, 15) is 19.2 Å². The number of carbonyl (C=O) groups is 4. The molecule has 0 saturated carbocycles. The summed E-state index contributed by atoms with van der Waals surface area (Å²) in [6.45, 7) is 1.03. The third-order valence-electron chi connectivity index (χ3n) is 6.96. The van der Waals surface area contributed by atoms with E-state index in [0.717, 1.165) is 22.2 Å². The van der Waals surface area contributed by atoms with Crippen LogP contribution in [-0.2, 0) is 22.7 Å². The second kappa shape index (κ2) is 9.97. The Labute approximate surface area is 227 Å². The Morgan fingerprint density at radius 2 is 1.82 bits per heavy atom. The smallest absolute Gasteiger partial charge is 0.326 e. The molecule has 0 spiro atoms. The maximum absolute atomic E-state index is 12.8. The van der Waals surface area contributed by atoms with Gasteiger partial charge < -0.3 is 10.3 Å². The van der Waals surface area contributed by atoms with Gasteiger partial charge in [-0.05, 0) is 60.0 Å². The summed E-state index contributed by atoms with van der Waals surface area (Å²) in [5.74, 6) is -0.541. The maximum Gasteiger partial charge on any atom is 0.326 e. The number of aromatic amines is 1. The minimum absolute atomic E-state index is 0.255. The highest BCUT2D eigenvalue weighted by Gasteiger charge is 2.34. The fourth-order valence-electron chi connectivity index (χ4n) is 5.02. The number of hydrogen-bond donors (Lipinski definition) is 4. The molecule has 2 aliphatic rings. The molecule has 196 valence electrons. The first kappa shape index (κ1) is 24.8. The molecule has 5 amide bonds. The van der Waals surface area contributed by atoms with E-state index in [4.69, 9.17) is 11.6 Å². The topological polar surface area (TPSA) is 136 Å². The van der Waals surface area contributed by atoms with Gasteiger partial charge in [-0.25, -0.2) is 9.78 Å². The first-order chi connectivity index (χ1) is 18.8. The van der Waals surface area contributed by atoms with Gasteiger partial charge in [0.25, 0.3) is 5.91 Å². The van der Waals surface area contributed by atoms with E-state index < -0.39 is 11.9 Å². The predicted octanol–water partition coefficient (Wildman–Crippen LogP) is 3.97. The van der Waals surface area contributed by atoms with Gasteiger partial charge in [0.15, 0.2) is 0 Å². The Morgan fingerprint density at radius 1 is 1.00 bits per heavy atom. The molecule has 3 heterocycles.